The second kappa shape index (κ2) is 5.26. The predicted molar refractivity (Wildman–Crippen MR) is 71.4 cm³/mol. The highest BCUT2D eigenvalue weighted by Gasteiger charge is 2.38. The van der Waals surface area contributed by atoms with Gasteiger partial charge in [0.2, 0.25) is 5.91 Å². The number of benzene rings is 1. The molecule has 0 saturated carbocycles. The minimum atomic E-state index is -1.39. The third-order valence-corrected chi connectivity index (χ3v) is 3.53. The number of carbonyl (C=O) groups is 2. The lowest BCUT2D eigenvalue weighted by atomic mass is 9.91. The standard InChI is InChI=1S/C15H17NO3/c1-15(14(18)19,12-9-3-2-4-10-12)16-13(17)11-7-5-6-8-11/h2-6,9-11H,7-8H2,1H3,(H,16,17)(H,18,19). The Hall–Kier alpha value is -2.10. The van der Waals surface area contributed by atoms with E-state index in [-0.39, 0.29) is 11.8 Å². The Morgan fingerprint density at radius 3 is 2.32 bits per heavy atom. The SMILES string of the molecule is CC(NC(=O)C1CC=CC1)(C(=O)O)c1ccccc1. The Balaban J connectivity index is 2.21. The molecule has 4 heteroatoms. The maximum absolute atomic E-state index is 12.1. The van der Waals surface area contributed by atoms with Crippen LogP contribution in [0.2, 0.25) is 0 Å². The van der Waals surface area contributed by atoms with Crippen LogP contribution in [-0.2, 0) is 15.1 Å². The molecule has 4 nitrogen and oxygen atoms in total. The maximum atomic E-state index is 12.1. The van der Waals surface area contributed by atoms with Crippen molar-refractivity contribution >= 4 is 11.9 Å². The molecule has 1 atom stereocenters. The Morgan fingerprint density at radius 1 is 1.21 bits per heavy atom. The van der Waals surface area contributed by atoms with Gasteiger partial charge >= 0.3 is 5.97 Å². The van der Waals surface area contributed by atoms with Gasteiger partial charge in [0.25, 0.3) is 0 Å². The average Bonchev–Trinajstić information content (AvgIpc) is 2.93. The number of hydrogen-bond donors (Lipinski definition) is 2. The summed E-state index contributed by atoms with van der Waals surface area (Å²) in [7, 11) is 0. The summed E-state index contributed by atoms with van der Waals surface area (Å²) in [6.45, 7) is 1.52. The van der Waals surface area contributed by atoms with Crippen LogP contribution in [0.1, 0.15) is 25.3 Å². The van der Waals surface area contributed by atoms with Crippen molar-refractivity contribution in [2.24, 2.45) is 5.92 Å². The lowest BCUT2D eigenvalue weighted by molar-refractivity contribution is -0.148. The van der Waals surface area contributed by atoms with Gasteiger partial charge in [-0.2, -0.15) is 0 Å². The van der Waals surface area contributed by atoms with E-state index in [4.69, 9.17) is 0 Å². The van der Waals surface area contributed by atoms with E-state index >= 15 is 0 Å². The number of rotatable bonds is 4. The molecule has 0 bridgehead atoms. The van der Waals surface area contributed by atoms with Gasteiger partial charge in [0.05, 0.1) is 0 Å². The molecule has 1 aromatic rings. The number of hydrogen-bond acceptors (Lipinski definition) is 2. The molecule has 0 heterocycles. The van der Waals surface area contributed by atoms with Crippen molar-refractivity contribution in [2.45, 2.75) is 25.3 Å². The van der Waals surface area contributed by atoms with Crippen LogP contribution in [0.25, 0.3) is 0 Å². The molecule has 2 rings (SSSR count). The van der Waals surface area contributed by atoms with Crippen LogP contribution in [0.15, 0.2) is 42.5 Å². The molecule has 0 fully saturated rings. The number of carboxylic acids is 1. The quantitative estimate of drug-likeness (QED) is 0.813. The van der Waals surface area contributed by atoms with E-state index in [1.54, 1.807) is 24.3 Å². The van der Waals surface area contributed by atoms with Crippen molar-refractivity contribution < 1.29 is 14.7 Å². The van der Waals surface area contributed by atoms with Gasteiger partial charge in [-0.25, -0.2) is 4.79 Å². The molecule has 0 spiro atoms. The second-order valence-corrected chi connectivity index (χ2v) is 4.93. The first-order chi connectivity index (χ1) is 9.04. The Bertz CT molecular complexity index is 501. The molecule has 100 valence electrons. The highest BCUT2D eigenvalue weighted by atomic mass is 16.4. The summed E-state index contributed by atoms with van der Waals surface area (Å²) in [5.41, 5.74) is -0.817. The fourth-order valence-corrected chi connectivity index (χ4v) is 2.20. The molecule has 0 saturated heterocycles. The van der Waals surface area contributed by atoms with Crippen LogP contribution >= 0.6 is 0 Å². The molecule has 1 amide bonds. The molecule has 1 unspecified atom stereocenters. The van der Waals surface area contributed by atoms with Gasteiger partial charge in [0.1, 0.15) is 0 Å². The number of aliphatic carboxylic acids is 1. The number of nitrogens with one attached hydrogen (secondary N) is 1. The molecule has 0 aromatic heterocycles. The van der Waals surface area contributed by atoms with Crippen molar-refractivity contribution in [3.05, 3.63) is 48.0 Å². The first-order valence-electron chi connectivity index (χ1n) is 6.30. The van der Waals surface area contributed by atoms with Gasteiger partial charge in [-0.3, -0.25) is 4.79 Å². The van der Waals surface area contributed by atoms with Gasteiger partial charge < -0.3 is 10.4 Å². The van der Waals surface area contributed by atoms with Crippen LogP contribution in [0.5, 0.6) is 0 Å². The van der Waals surface area contributed by atoms with Crippen molar-refractivity contribution in [3.63, 3.8) is 0 Å². The number of carbonyl (C=O) groups excluding carboxylic acids is 1. The van der Waals surface area contributed by atoms with Crippen molar-refractivity contribution in [3.8, 4) is 0 Å². The minimum absolute atomic E-state index is 0.151. The largest absolute Gasteiger partial charge is 0.479 e. The topological polar surface area (TPSA) is 66.4 Å². The summed E-state index contributed by atoms with van der Waals surface area (Å²) in [6.07, 6.45) is 5.25. The number of allylic oxidation sites excluding steroid dienone is 2. The van der Waals surface area contributed by atoms with Crippen LogP contribution in [-0.4, -0.2) is 17.0 Å². The summed E-state index contributed by atoms with van der Waals surface area (Å²) in [6, 6.07) is 8.76. The molecule has 1 aliphatic carbocycles. The summed E-state index contributed by atoms with van der Waals surface area (Å²) in [5.74, 6) is -1.42. The van der Waals surface area contributed by atoms with Crippen LogP contribution < -0.4 is 5.32 Å². The molecule has 0 aliphatic heterocycles. The number of carboxylic acid groups (broad SMARTS) is 1. The highest BCUT2D eigenvalue weighted by molar-refractivity contribution is 5.89. The molecule has 19 heavy (non-hydrogen) atoms. The van der Waals surface area contributed by atoms with Crippen LogP contribution in [0, 0.1) is 5.92 Å². The fourth-order valence-electron chi connectivity index (χ4n) is 2.20. The zero-order valence-electron chi connectivity index (χ0n) is 10.8. The van der Waals surface area contributed by atoms with E-state index in [1.807, 2.05) is 18.2 Å². The lowest BCUT2D eigenvalue weighted by Crippen LogP contribution is -2.51. The molecule has 2 N–H and O–H groups in total. The first kappa shape index (κ1) is 13.3. The normalized spacial score (nSPS) is 17.9. The van der Waals surface area contributed by atoms with E-state index in [9.17, 15) is 14.7 Å². The van der Waals surface area contributed by atoms with E-state index in [2.05, 4.69) is 5.32 Å². The van der Waals surface area contributed by atoms with Crippen molar-refractivity contribution in [1.29, 1.82) is 0 Å². The Morgan fingerprint density at radius 2 is 1.79 bits per heavy atom. The summed E-state index contributed by atoms with van der Waals surface area (Å²) in [4.78, 5) is 23.7. The van der Waals surface area contributed by atoms with Crippen LogP contribution in [0.3, 0.4) is 0 Å². The molecular formula is C15H17NO3. The van der Waals surface area contributed by atoms with Gasteiger partial charge in [0.15, 0.2) is 5.54 Å². The zero-order valence-corrected chi connectivity index (χ0v) is 10.8. The van der Waals surface area contributed by atoms with E-state index < -0.39 is 11.5 Å². The molecule has 1 aromatic carbocycles. The van der Waals surface area contributed by atoms with Crippen LogP contribution in [0.4, 0.5) is 0 Å². The fraction of sp³-hybridized carbons (Fsp3) is 0.333. The average molecular weight is 259 g/mol. The molecular weight excluding hydrogens is 242 g/mol. The second-order valence-electron chi connectivity index (χ2n) is 4.93. The predicted octanol–water partition coefficient (Wildman–Crippen LogP) is 2.07. The Labute approximate surface area is 112 Å². The van der Waals surface area contributed by atoms with E-state index in [1.165, 1.54) is 6.92 Å². The summed E-state index contributed by atoms with van der Waals surface area (Å²) in [5, 5.41) is 12.1. The third kappa shape index (κ3) is 2.67. The number of amides is 1. The zero-order chi connectivity index (χ0) is 13.9. The third-order valence-electron chi connectivity index (χ3n) is 3.53. The van der Waals surface area contributed by atoms with Gasteiger partial charge in [-0.05, 0) is 25.3 Å². The van der Waals surface area contributed by atoms with Gasteiger partial charge in [-0.1, -0.05) is 42.5 Å². The molecule has 1 aliphatic rings. The summed E-state index contributed by atoms with van der Waals surface area (Å²) < 4.78 is 0. The van der Waals surface area contributed by atoms with Gasteiger partial charge in [-0.15, -0.1) is 0 Å². The summed E-state index contributed by atoms with van der Waals surface area (Å²) >= 11 is 0. The van der Waals surface area contributed by atoms with E-state index in [0.29, 0.717) is 18.4 Å². The maximum Gasteiger partial charge on any atom is 0.333 e. The lowest BCUT2D eigenvalue weighted by Gasteiger charge is -2.28. The minimum Gasteiger partial charge on any atom is -0.479 e. The Kier molecular flexibility index (Phi) is 3.69. The van der Waals surface area contributed by atoms with Crippen molar-refractivity contribution in [1.82, 2.24) is 5.32 Å². The monoisotopic (exact) mass is 259 g/mol. The van der Waals surface area contributed by atoms with Gasteiger partial charge in [0, 0.05) is 5.92 Å². The highest BCUT2D eigenvalue weighted by Crippen LogP contribution is 2.24. The smallest absolute Gasteiger partial charge is 0.333 e. The first-order valence-corrected chi connectivity index (χ1v) is 6.30. The molecule has 0 radical (unpaired) electrons. The van der Waals surface area contributed by atoms with Crippen molar-refractivity contribution in [2.75, 3.05) is 0 Å². The van der Waals surface area contributed by atoms with E-state index in [0.717, 1.165) is 0 Å².